The molecular formula is C27H33FN8O. The van der Waals surface area contributed by atoms with E-state index in [2.05, 4.69) is 33.6 Å². The molecule has 2 fully saturated rings. The van der Waals surface area contributed by atoms with E-state index in [1.807, 2.05) is 15.9 Å². The summed E-state index contributed by atoms with van der Waals surface area (Å²) in [6, 6.07) is 8.67. The number of nitrogens with zero attached hydrogens (tertiary/aromatic N) is 5. The van der Waals surface area contributed by atoms with Crippen molar-refractivity contribution < 1.29 is 9.50 Å². The largest absolute Gasteiger partial charge is 0.507 e. The molecule has 37 heavy (non-hydrogen) atoms. The van der Waals surface area contributed by atoms with Crippen molar-refractivity contribution in [1.29, 1.82) is 10.8 Å². The standard InChI is InChI=1S/C27H33FN8O/c1-19-9-14-35(23(27(30)31)17-22(29)21-5-2-3-6-24(21)37)15-16-36(19)26-8-11-32-25(33-26)7-4-12-34-13-10-20(28)18-34/h2-3,5-6,8,11,17,19-20,29,37H,9-10,12-16,18H2,1H3,(H3,30,31)/b23-17+,29-22?. The molecule has 2 aromatic rings. The third kappa shape index (κ3) is 6.62. The number of halogens is 1. The molecular weight excluding hydrogens is 471 g/mol. The summed E-state index contributed by atoms with van der Waals surface area (Å²) in [7, 11) is 0. The Morgan fingerprint density at radius 3 is 2.73 bits per heavy atom. The molecule has 1 aromatic heterocycles. The van der Waals surface area contributed by atoms with Gasteiger partial charge in [-0.3, -0.25) is 10.3 Å². The molecule has 0 radical (unpaired) electrons. The number of nitrogens with one attached hydrogen (secondary N) is 2. The van der Waals surface area contributed by atoms with Crippen LogP contribution in [-0.2, 0) is 0 Å². The van der Waals surface area contributed by atoms with Crippen LogP contribution in [0.2, 0.25) is 0 Å². The van der Waals surface area contributed by atoms with E-state index in [9.17, 15) is 9.50 Å². The Labute approximate surface area is 216 Å². The van der Waals surface area contributed by atoms with Gasteiger partial charge < -0.3 is 26.0 Å². The van der Waals surface area contributed by atoms with E-state index in [0.29, 0.717) is 56.2 Å². The second kappa shape index (κ2) is 11.8. The van der Waals surface area contributed by atoms with Crippen molar-refractivity contribution in [2.75, 3.05) is 44.2 Å². The molecule has 0 amide bonds. The van der Waals surface area contributed by atoms with Crippen molar-refractivity contribution in [1.82, 2.24) is 19.8 Å². The molecule has 5 N–H and O–H groups in total. The molecule has 0 aliphatic carbocycles. The van der Waals surface area contributed by atoms with Gasteiger partial charge in [-0.2, -0.15) is 0 Å². The van der Waals surface area contributed by atoms with Crippen LogP contribution in [0.15, 0.2) is 48.3 Å². The highest BCUT2D eigenvalue weighted by molar-refractivity contribution is 6.12. The topological polar surface area (TPSA) is 129 Å². The molecule has 2 unspecified atom stereocenters. The fraction of sp³-hybridized carbons (Fsp3) is 0.407. The van der Waals surface area contributed by atoms with Crippen LogP contribution in [-0.4, -0.2) is 87.9 Å². The van der Waals surface area contributed by atoms with Crippen LogP contribution in [0.1, 0.15) is 31.2 Å². The minimum atomic E-state index is -0.764. The number of anilines is 1. The first-order valence-electron chi connectivity index (χ1n) is 12.4. The first kappa shape index (κ1) is 26.1. The van der Waals surface area contributed by atoms with Crippen LogP contribution in [0.4, 0.5) is 10.2 Å². The number of alkyl halides is 1. The molecule has 9 nitrogen and oxygen atoms in total. The van der Waals surface area contributed by atoms with Gasteiger partial charge in [-0.05, 0) is 50.0 Å². The van der Waals surface area contributed by atoms with E-state index in [-0.39, 0.29) is 23.3 Å². The molecule has 194 valence electrons. The summed E-state index contributed by atoms with van der Waals surface area (Å²) >= 11 is 0. The van der Waals surface area contributed by atoms with Crippen molar-refractivity contribution >= 4 is 17.4 Å². The molecule has 1 aromatic carbocycles. The van der Waals surface area contributed by atoms with E-state index in [1.54, 1.807) is 30.5 Å². The lowest BCUT2D eigenvalue weighted by atomic mass is 10.1. The van der Waals surface area contributed by atoms with Crippen LogP contribution < -0.4 is 10.6 Å². The minimum Gasteiger partial charge on any atom is -0.507 e. The number of phenolic OH excluding ortho intramolecular Hbond substituents is 1. The lowest BCUT2D eigenvalue weighted by Crippen LogP contribution is -2.37. The van der Waals surface area contributed by atoms with Gasteiger partial charge in [0, 0.05) is 50.5 Å². The first-order chi connectivity index (χ1) is 17.8. The average molecular weight is 505 g/mol. The fourth-order valence-corrected chi connectivity index (χ4v) is 4.62. The van der Waals surface area contributed by atoms with Crippen molar-refractivity contribution in [2.45, 2.75) is 32.0 Å². The number of allylic oxidation sites excluding steroid dienone is 1. The SMILES string of the molecule is CC1CCN(/C(=C/C(=N)c2ccccc2O)C(=N)N)CCN1c1ccnc(C#CCN2CCC(F)C2)n1. The van der Waals surface area contributed by atoms with Crippen LogP contribution in [0, 0.1) is 22.7 Å². The van der Waals surface area contributed by atoms with Crippen molar-refractivity contribution in [2.24, 2.45) is 5.73 Å². The van der Waals surface area contributed by atoms with Crippen LogP contribution in [0.3, 0.4) is 0 Å². The number of hydrogen-bond acceptors (Lipinski definition) is 8. The number of para-hydroxylation sites is 1. The molecule has 0 saturated carbocycles. The molecule has 2 saturated heterocycles. The van der Waals surface area contributed by atoms with Gasteiger partial charge in [-0.1, -0.05) is 18.1 Å². The second-order valence-electron chi connectivity index (χ2n) is 9.35. The summed E-state index contributed by atoms with van der Waals surface area (Å²) in [5, 5.41) is 26.7. The van der Waals surface area contributed by atoms with Gasteiger partial charge in [-0.25, -0.2) is 14.4 Å². The first-order valence-corrected chi connectivity index (χ1v) is 12.4. The Morgan fingerprint density at radius 1 is 1.19 bits per heavy atom. The molecule has 0 bridgehead atoms. The number of aromatic hydroxyl groups is 1. The van der Waals surface area contributed by atoms with Gasteiger partial charge in [0.2, 0.25) is 5.82 Å². The fourth-order valence-electron chi connectivity index (χ4n) is 4.62. The van der Waals surface area contributed by atoms with Crippen LogP contribution >= 0.6 is 0 Å². The molecule has 2 atom stereocenters. The molecule has 10 heteroatoms. The van der Waals surface area contributed by atoms with Gasteiger partial charge in [0.05, 0.1) is 18.0 Å². The lowest BCUT2D eigenvalue weighted by molar-refractivity contribution is 0.308. The molecule has 4 rings (SSSR count). The van der Waals surface area contributed by atoms with Gasteiger partial charge in [-0.15, -0.1) is 0 Å². The van der Waals surface area contributed by atoms with E-state index in [1.165, 1.54) is 6.07 Å². The molecule has 2 aliphatic rings. The summed E-state index contributed by atoms with van der Waals surface area (Å²) in [5.41, 5.74) is 6.85. The van der Waals surface area contributed by atoms with Crippen LogP contribution in [0.25, 0.3) is 0 Å². The third-order valence-electron chi connectivity index (χ3n) is 6.70. The highest BCUT2D eigenvalue weighted by Gasteiger charge is 2.25. The smallest absolute Gasteiger partial charge is 0.206 e. The van der Waals surface area contributed by atoms with E-state index < -0.39 is 6.17 Å². The minimum absolute atomic E-state index is 0.0111. The highest BCUT2D eigenvalue weighted by atomic mass is 19.1. The summed E-state index contributed by atoms with van der Waals surface area (Å²) in [6.45, 7) is 5.64. The number of aromatic nitrogens is 2. The Hall–Kier alpha value is -3.97. The number of phenols is 1. The van der Waals surface area contributed by atoms with Crippen molar-refractivity contribution in [3.8, 4) is 17.6 Å². The van der Waals surface area contributed by atoms with E-state index in [4.69, 9.17) is 16.6 Å². The van der Waals surface area contributed by atoms with Crippen molar-refractivity contribution in [3.63, 3.8) is 0 Å². The van der Waals surface area contributed by atoms with Gasteiger partial charge in [0.15, 0.2) is 0 Å². The number of hydrogen-bond donors (Lipinski definition) is 4. The molecule has 3 heterocycles. The predicted octanol–water partition coefficient (Wildman–Crippen LogP) is 2.37. The zero-order chi connectivity index (χ0) is 26.4. The van der Waals surface area contributed by atoms with Crippen molar-refractivity contribution in [3.05, 3.63) is 59.7 Å². The maximum absolute atomic E-state index is 13.4. The molecule has 2 aliphatic heterocycles. The maximum atomic E-state index is 13.4. The summed E-state index contributed by atoms with van der Waals surface area (Å²) in [4.78, 5) is 15.1. The highest BCUT2D eigenvalue weighted by Crippen LogP contribution is 2.22. The Balaban J connectivity index is 1.46. The monoisotopic (exact) mass is 504 g/mol. The summed E-state index contributed by atoms with van der Waals surface area (Å²) in [6.07, 6.45) is 3.83. The van der Waals surface area contributed by atoms with E-state index >= 15 is 0 Å². The quantitative estimate of drug-likeness (QED) is 0.270. The number of rotatable bonds is 6. The Bertz CT molecular complexity index is 1240. The third-order valence-corrected chi connectivity index (χ3v) is 6.70. The number of likely N-dealkylation sites (tertiary alicyclic amines) is 1. The Kier molecular flexibility index (Phi) is 8.36. The summed E-state index contributed by atoms with van der Waals surface area (Å²) in [5.74, 6) is 7.16. The average Bonchev–Trinajstić information content (AvgIpc) is 3.19. The molecule has 0 spiro atoms. The van der Waals surface area contributed by atoms with Crippen LogP contribution in [0.5, 0.6) is 5.75 Å². The number of benzene rings is 1. The predicted molar refractivity (Wildman–Crippen MR) is 143 cm³/mol. The second-order valence-corrected chi connectivity index (χ2v) is 9.35. The Morgan fingerprint density at radius 2 is 2.00 bits per heavy atom. The van der Waals surface area contributed by atoms with Gasteiger partial charge in [0.1, 0.15) is 23.6 Å². The van der Waals surface area contributed by atoms with E-state index in [0.717, 1.165) is 18.8 Å². The van der Waals surface area contributed by atoms with Gasteiger partial charge in [0.25, 0.3) is 0 Å². The summed E-state index contributed by atoms with van der Waals surface area (Å²) < 4.78 is 13.4. The zero-order valence-electron chi connectivity index (χ0n) is 21.0. The maximum Gasteiger partial charge on any atom is 0.206 e. The lowest BCUT2D eigenvalue weighted by Gasteiger charge is -2.28. The number of amidine groups is 1. The number of nitrogens with two attached hydrogens (primary N) is 1. The van der Waals surface area contributed by atoms with Gasteiger partial charge >= 0.3 is 0 Å². The normalized spacial score (nSPS) is 20.8. The zero-order valence-corrected chi connectivity index (χ0v) is 21.0.